The maximum absolute atomic E-state index is 10.8. The number of hydrogen-bond acceptors (Lipinski definition) is 4. The molecule has 0 radical (unpaired) electrons. The van der Waals surface area contributed by atoms with E-state index in [9.17, 15) is 4.79 Å². The molecule has 1 N–H and O–H groups in total. The van der Waals surface area contributed by atoms with Crippen LogP contribution in [0.3, 0.4) is 0 Å². The minimum absolute atomic E-state index is 0.0547. The summed E-state index contributed by atoms with van der Waals surface area (Å²) in [7, 11) is 1.86. The summed E-state index contributed by atoms with van der Waals surface area (Å²) in [6, 6.07) is 4.94. The largest absolute Gasteiger partial charge is 0.477 e. The standard InChI is InChI=1S/C12H18N2O3/c1-9(2)17-8-7-14(3)11-6-4-5-10(13-11)12(15)16/h4-6,9H,7-8H2,1-3H3,(H,15,16). The summed E-state index contributed by atoms with van der Waals surface area (Å²) >= 11 is 0. The molecule has 0 aromatic carbocycles. The van der Waals surface area contributed by atoms with Crippen molar-refractivity contribution in [1.82, 2.24) is 4.98 Å². The molecule has 0 aliphatic carbocycles. The average molecular weight is 238 g/mol. The average Bonchev–Trinajstić information content (AvgIpc) is 2.28. The molecule has 0 aliphatic heterocycles. The van der Waals surface area contributed by atoms with Crippen LogP contribution in [0, 0.1) is 0 Å². The van der Waals surface area contributed by atoms with Crippen LogP contribution < -0.4 is 4.90 Å². The topological polar surface area (TPSA) is 62.7 Å². The van der Waals surface area contributed by atoms with E-state index in [0.717, 1.165) is 0 Å². The van der Waals surface area contributed by atoms with Crippen molar-refractivity contribution in [1.29, 1.82) is 0 Å². The molecule has 0 aliphatic rings. The van der Waals surface area contributed by atoms with Gasteiger partial charge in [-0.3, -0.25) is 0 Å². The van der Waals surface area contributed by atoms with Gasteiger partial charge in [-0.1, -0.05) is 6.07 Å². The molecular weight excluding hydrogens is 220 g/mol. The van der Waals surface area contributed by atoms with Crippen LogP contribution in [0.1, 0.15) is 24.3 Å². The van der Waals surface area contributed by atoms with Gasteiger partial charge in [0.25, 0.3) is 0 Å². The Balaban J connectivity index is 2.59. The summed E-state index contributed by atoms with van der Waals surface area (Å²) in [5, 5.41) is 8.83. The Morgan fingerprint density at radius 1 is 1.53 bits per heavy atom. The van der Waals surface area contributed by atoms with Crippen LogP contribution in [0.2, 0.25) is 0 Å². The first kappa shape index (κ1) is 13.4. The molecule has 1 rings (SSSR count). The minimum atomic E-state index is -1.02. The van der Waals surface area contributed by atoms with E-state index < -0.39 is 5.97 Å². The van der Waals surface area contributed by atoms with E-state index in [0.29, 0.717) is 19.0 Å². The number of hydrogen-bond donors (Lipinski definition) is 1. The predicted molar refractivity (Wildman–Crippen MR) is 65.6 cm³/mol. The van der Waals surface area contributed by atoms with Gasteiger partial charge in [0.15, 0.2) is 5.69 Å². The number of aromatic nitrogens is 1. The summed E-state index contributed by atoms with van der Waals surface area (Å²) in [4.78, 5) is 16.7. The summed E-state index contributed by atoms with van der Waals surface area (Å²) < 4.78 is 5.43. The summed E-state index contributed by atoms with van der Waals surface area (Å²) in [5.74, 6) is -0.379. The predicted octanol–water partition coefficient (Wildman–Crippen LogP) is 1.64. The van der Waals surface area contributed by atoms with Gasteiger partial charge >= 0.3 is 5.97 Å². The number of anilines is 1. The van der Waals surface area contributed by atoms with Crippen LogP contribution in [-0.4, -0.2) is 42.4 Å². The minimum Gasteiger partial charge on any atom is -0.477 e. The third kappa shape index (κ3) is 4.40. The van der Waals surface area contributed by atoms with Crippen molar-refractivity contribution >= 4 is 11.8 Å². The van der Waals surface area contributed by atoms with E-state index in [1.165, 1.54) is 6.07 Å². The van der Waals surface area contributed by atoms with Crippen LogP contribution in [0.15, 0.2) is 18.2 Å². The number of pyridine rings is 1. The van der Waals surface area contributed by atoms with E-state index in [-0.39, 0.29) is 11.8 Å². The third-order valence-electron chi connectivity index (χ3n) is 2.22. The first-order chi connectivity index (χ1) is 8.00. The molecule has 1 aromatic rings. The van der Waals surface area contributed by atoms with Crippen LogP contribution in [0.25, 0.3) is 0 Å². The van der Waals surface area contributed by atoms with Crippen LogP contribution in [-0.2, 0) is 4.74 Å². The van der Waals surface area contributed by atoms with Gasteiger partial charge in [0, 0.05) is 13.6 Å². The van der Waals surface area contributed by atoms with Gasteiger partial charge in [0.1, 0.15) is 5.82 Å². The molecule has 1 aromatic heterocycles. The van der Waals surface area contributed by atoms with Crippen molar-refractivity contribution in [3.63, 3.8) is 0 Å². The zero-order valence-electron chi connectivity index (χ0n) is 10.4. The Morgan fingerprint density at radius 2 is 2.24 bits per heavy atom. The van der Waals surface area contributed by atoms with Crippen molar-refractivity contribution in [3.8, 4) is 0 Å². The Hall–Kier alpha value is -1.62. The van der Waals surface area contributed by atoms with Crippen LogP contribution >= 0.6 is 0 Å². The Kier molecular flexibility index (Phi) is 4.90. The van der Waals surface area contributed by atoms with Gasteiger partial charge < -0.3 is 14.7 Å². The van der Waals surface area contributed by atoms with Crippen molar-refractivity contribution in [2.75, 3.05) is 25.1 Å². The van der Waals surface area contributed by atoms with Gasteiger partial charge in [0.2, 0.25) is 0 Å². The normalized spacial score (nSPS) is 10.6. The molecule has 17 heavy (non-hydrogen) atoms. The first-order valence-electron chi connectivity index (χ1n) is 5.54. The van der Waals surface area contributed by atoms with Gasteiger partial charge in [-0.05, 0) is 26.0 Å². The molecule has 0 unspecified atom stereocenters. The number of carboxylic acid groups (broad SMARTS) is 1. The van der Waals surface area contributed by atoms with Crippen LogP contribution in [0.5, 0.6) is 0 Å². The molecule has 0 fully saturated rings. The summed E-state index contributed by atoms with van der Waals surface area (Å²) in [6.45, 7) is 5.22. The lowest BCUT2D eigenvalue weighted by Crippen LogP contribution is -2.25. The molecule has 0 atom stereocenters. The summed E-state index contributed by atoms with van der Waals surface area (Å²) in [6.07, 6.45) is 0.196. The lowest BCUT2D eigenvalue weighted by molar-refractivity contribution is 0.0690. The van der Waals surface area contributed by atoms with E-state index >= 15 is 0 Å². The highest BCUT2D eigenvalue weighted by Gasteiger charge is 2.08. The maximum Gasteiger partial charge on any atom is 0.354 e. The molecule has 0 bridgehead atoms. The Morgan fingerprint density at radius 3 is 2.82 bits per heavy atom. The molecule has 0 saturated heterocycles. The van der Waals surface area contributed by atoms with Gasteiger partial charge in [-0.15, -0.1) is 0 Å². The van der Waals surface area contributed by atoms with Crippen molar-refractivity contribution in [2.24, 2.45) is 0 Å². The van der Waals surface area contributed by atoms with E-state index in [2.05, 4.69) is 4.98 Å². The molecular formula is C12H18N2O3. The number of carbonyl (C=O) groups is 1. The van der Waals surface area contributed by atoms with Gasteiger partial charge in [-0.25, -0.2) is 9.78 Å². The molecule has 5 nitrogen and oxygen atoms in total. The van der Waals surface area contributed by atoms with Crippen LogP contribution in [0.4, 0.5) is 5.82 Å². The van der Waals surface area contributed by atoms with E-state index in [4.69, 9.17) is 9.84 Å². The highest BCUT2D eigenvalue weighted by Crippen LogP contribution is 2.09. The third-order valence-corrected chi connectivity index (χ3v) is 2.22. The fourth-order valence-electron chi connectivity index (χ4n) is 1.29. The quantitative estimate of drug-likeness (QED) is 0.816. The molecule has 0 spiro atoms. The second-order valence-corrected chi connectivity index (χ2v) is 4.03. The number of likely N-dealkylation sites (N-methyl/N-ethyl adjacent to an activating group) is 1. The maximum atomic E-state index is 10.8. The Labute approximate surface area is 101 Å². The van der Waals surface area contributed by atoms with E-state index in [1.54, 1.807) is 12.1 Å². The number of nitrogens with zero attached hydrogens (tertiary/aromatic N) is 2. The number of aromatic carboxylic acids is 1. The Bertz CT molecular complexity index is 380. The van der Waals surface area contributed by atoms with Gasteiger partial charge in [-0.2, -0.15) is 0 Å². The monoisotopic (exact) mass is 238 g/mol. The summed E-state index contributed by atoms with van der Waals surface area (Å²) in [5.41, 5.74) is 0.0547. The lowest BCUT2D eigenvalue weighted by Gasteiger charge is -2.19. The van der Waals surface area contributed by atoms with Crippen molar-refractivity contribution in [3.05, 3.63) is 23.9 Å². The number of rotatable bonds is 6. The highest BCUT2D eigenvalue weighted by atomic mass is 16.5. The fraction of sp³-hybridized carbons (Fsp3) is 0.500. The van der Waals surface area contributed by atoms with Gasteiger partial charge in [0.05, 0.1) is 12.7 Å². The fourth-order valence-corrected chi connectivity index (χ4v) is 1.29. The molecule has 1 heterocycles. The molecule has 94 valence electrons. The molecule has 0 amide bonds. The molecule has 0 saturated carbocycles. The number of ether oxygens (including phenoxy) is 1. The second-order valence-electron chi connectivity index (χ2n) is 4.03. The van der Waals surface area contributed by atoms with Crippen molar-refractivity contribution < 1.29 is 14.6 Å². The number of carboxylic acids is 1. The zero-order chi connectivity index (χ0) is 12.8. The van der Waals surface area contributed by atoms with E-state index in [1.807, 2.05) is 25.8 Å². The zero-order valence-corrected chi connectivity index (χ0v) is 10.4. The second kappa shape index (κ2) is 6.20. The molecule has 5 heteroatoms. The van der Waals surface area contributed by atoms with Crippen molar-refractivity contribution in [2.45, 2.75) is 20.0 Å². The SMILES string of the molecule is CC(C)OCCN(C)c1cccc(C(=O)O)n1. The smallest absolute Gasteiger partial charge is 0.354 e. The first-order valence-corrected chi connectivity index (χ1v) is 5.54. The highest BCUT2D eigenvalue weighted by molar-refractivity contribution is 5.85. The lowest BCUT2D eigenvalue weighted by atomic mass is 10.3.